The van der Waals surface area contributed by atoms with Crippen molar-refractivity contribution in [2.45, 2.75) is 12.1 Å². The fourth-order valence-corrected chi connectivity index (χ4v) is 6.77. The molecule has 2 saturated heterocycles. The molecule has 8 nitrogen and oxygen atoms in total. The lowest BCUT2D eigenvalue weighted by molar-refractivity contribution is -0.122. The molecule has 196 valence electrons. The molecule has 0 aromatic heterocycles. The van der Waals surface area contributed by atoms with Crippen LogP contribution in [-0.2, 0) is 9.59 Å². The van der Waals surface area contributed by atoms with Crippen molar-refractivity contribution in [2.24, 2.45) is 11.8 Å². The summed E-state index contributed by atoms with van der Waals surface area (Å²) in [6, 6.07) is 16.6. The van der Waals surface area contributed by atoms with Crippen LogP contribution < -0.4 is 24.0 Å². The number of fused-ring (bicyclic) bond motifs is 6. The van der Waals surface area contributed by atoms with E-state index in [0.29, 0.717) is 46.2 Å². The molecule has 0 radical (unpaired) electrons. The van der Waals surface area contributed by atoms with Crippen LogP contribution >= 0.6 is 15.9 Å². The van der Waals surface area contributed by atoms with E-state index < -0.39 is 29.8 Å². The topological polar surface area (TPSA) is 85.4 Å². The highest BCUT2D eigenvalue weighted by atomic mass is 79.9. The number of ether oxygens (including phenoxy) is 3. The summed E-state index contributed by atoms with van der Waals surface area (Å²) in [5.41, 5.74) is 2.61. The molecule has 0 bridgehead atoms. The number of carbonyl (C=O) groups is 3. The molecule has 3 aromatic carbocycles. The van der Waals surface area contributed by atoms with Crippen LogP contribution in [0.3, 0.4) is 0 Å². The van der Waals surface area contributed by atoms with E-state index >= 15 is 0 Å². The van der Waals surface area contributed by atoms with Crippen LogP contribution in [0, 0.1) is 11.8 Å². The summed E-state index contributed by atoms with van der Waals surface area (Å²) >= 11 is 3.47. The van der Waals surface area contributed by atoms with Crippen molar-refractivity contribution in [1.29, 1.82) is 0 Å². The Bertz CT molecular complexity index is 1590. The first-order valence-corrected chi connectivity index (χ1v) is 13.5. The van der Waals surface area contributed by atoms with Gasteiger partial charge in [0, 0.05) is 17.3 Å². The number of ketones is 1. The standard InChI is InChI=1S/C30H23BrN2O6/c1-37-22-10-7-17(14-19(22)31)28(34)27-26-25(21-9-6-16-4-2-3-5-20(16)33(21)27)29(35)32(30(26)36)18-8-11-23-24(15-18)39-13-12-38-23/h2-11,14-15,21,25-27H,12-13H2,1H3/t21-,25-,26+,27-/m0/s1. The molecule has 3 aromatic rings. The fourth-order valence-electron chi connectivity index (χ4n) is 6.23. The van der Waals surface area contributed by atoms with Crippen LogP contribution in [0.5, 0.6) is 17.2 Å². The summed E-state index contributed by atoms with van der Waals surface area (Å²) in [5, 5.41) is 0. The largest absolute Gasteiger partial charge is 0.496 e. The number of hydrogen-bond donors (Lipinski definition) is 0. The SMILES string of the molecule is COc1ccc(C(=O)[C@@H]2[C@@H]3C(=O)N(c4ccc5c(c4)OCCO5)C(=O)[C@H]3[C@@H]3C=Cc4ccccc4N23)cc1Br. The molecule has 7 rings (SSSR count). The van der Waals surface area contributed by atoms with Crippen LogP contribution in [-0.4, -0.2) is 50.0 Å². The molecular weight excluding hydrogens is 564 g/mol. The number of Topliss-reactive ketones (excluding diaryl/α,β-unsaturated/α-hetero) is 1. The van der Waals surface area contributed by atoms with Crippen LogP contribution in [0.2, 0.25) is 0 Å². The predicted molar refractivity (Wildman–Crippen MR) is 147 cm³/mol. The molecule has 0 aliphatic carbocycles. The molecule has 39 heavy (non-hydrogen) atoms. The van der Waals surface area contributed by atoms with Gasteiger partial charge in [0.25, 0.3) is 0 Å². The molecule has 0 unspecified atom stereocenters. The molecule has 2 fully saturated rings. The first-order chi connectivity index (χ1) is 19.0. The van der Waals surface area contributed by atoms with E-state index in [1.54, 1.807) is 43.5 Å². The van der Waals surface area contributed by atoms with E-state index in [9.17, 15) is 14.4 Å². The zero-order chi connectivity index (χ0) is 26.8. The van der Waals surface area contributed by atoms with E-state index in [2.05, 4.69) is 15.9 Å². The number of hydrogen-bond acceptors (Lipinski definition) is 7. The van der Waals surface area contributed by atoms with E-state index in [-0.39, 0.29) is 11.7 Å². The molecule has 4 aliphatic rings. The van der Waals surface area contributed by atoms with Crippen molar-refractivity contribution >= 4 is 51.0 Å². The van der Waals surface area contributed by atoms with Crippen molar-refractivity contribution in [1.82, 2.24) is 0 Å². The van der Waals surface area contributed by atoms with Gasteiger partial charge in [-0.25, -0.2) is 4.90 Å². The van der Waals surface area contributed by atoms with Crippen LogP contribution in [0.15, 0.2) is 71.2 Å². The van der Waals surface area contributed by atoms with Gasteiger partial charge in [0.2, 0.25) is 11.8 Å². The van der Waals surface area contributed by atoms with Gasteiger partial charge in [0.15, 0.2) is 17.3 Å². The summed E-state index contributed by atoms with van der Waals surface area (Å²) in [5.74, 6) is -0.880. The van der Waals surface area contributed by atoms with E-state index in [1.807, 2.05) is 41.3 Å². The number of amides is 2. The lowest BCUT2D eigenvalue weighted by atomic mass is 9.86. The molecule has 0 N–H and O–H groups in total. The third-order valence-corrected chi connectivity index (χ3v) is 8.52. The molecular formula is C30H23BrN2O6. The monoisotopic (exact) mass is 586 g/mol. The number of rotatable bonds is 4. The summed E-state index contributed by atoms with van der Waals surface area (Å²) in [4.78, 5) is 45.6. The van der Waals surface area contributed by atoms with Gasteiger partial charge >= 0.3 is 0 Å². The number of carbonyl (C=O) groups excluding carboxylic acids is 3. The predicted octanol–water partition coefficient (Wildman–Crippen LogP) is 4.50. The first kappa shape index (κ1) is 24.0. The maximum absolute atomic E-state index is 14.2. The van der Waals surface area contributed by atoms with Crippen molar-refractivity contribution in [3.63, 3.8) is 0 Å². The Morgan fingerprint density at radius 2 is 1.72 bits per heavy atom. The molecule has 4 atom stereocenters. The van der Waals surface area contributed by atoms with Gasteiger partial charge < -0.3 is 19.1 Å². The van der Waals surface area contributed by atoms with Crippen molar-refractivity contribution < 1.29 is 28.6 Å². The van der Waals surface area contributed by atoms with Gasteiger partial charge in [-0.15, -0.1) is 0 Å². The number of benzene rings is 3. The number of halogens is 1. The zero-order valence-corrected chi connectivity index (χ0v) is 22.5. The minimum Gasteiger partial charge on any atom is -0.496 e. The van der Waals surface area contributed by atoms with Crippen molar-refractivity contribution in [3.8, 4) is 17.2 Å². The van der Waals surface area contributed by atoms with E-state index in [1.165, 1.54) is 4.90 Å². The Morgan fingerprint density at radius 1 is 0.949 bits per heavy atom. The normalized spacial score (nSPS) is 24.4. The Kier molecular flexibility index (Phi) is 5.52. The van der Waals surface area contributed by atoms with Crippen molar-refractivity contribution in [3.05, 3.63) is 82.3 Å². The minimum atomic E-state index is -0.870. The van der Waals surface area contributed by atoms with Crippen LogP contribution in [0.1, 0.15) is 15.9 Å². The van der Waals surface area contributed by atoms with Gasteiger partial charge in [-0.05, 0) is 57.9 Å². The molecule has 0 saturated carbocycles. The van der Waals surface area contributed by atoms with Crippen LogP contribution in [0.4, 0.5) is 11.4 Å². The number of imide groups is 1. The fraction of sp³-hybridized carbons (Fsp3) is 0.233. The number of methoxy groups -OCH3 is 1. The summed E-state index contributed by atoms with van der Waals surface area (Å²) in [6.07, 6.45) is 3.91. The smallest absolute Gasteiger partial charge is 0.240 e. The second-order valence-electron chi connectivity index (χ2n) is 9.87. The van der Waals surface area contributed by atoms with Gasteiger partial charge in [0.1, 0.15) is 25.0 Å². The Hall–Kier alpha value is -4.11. The van der Waals surface area contributed by atoms with Gasteiger partial charge in [-0.3, -0.25) is 14.4 Å². The summed E-state index contributed by atoms with van der Waals surface area (Å²) in [6.45, 7) is 0.827. The van der Waals surface area contributed by atoms with E-state index in [4.69, 9.17) is 14.2 Å². The molecule has 2 amide bonds. The minimum absolute atomic E-state index is 0.230. The third kappa shape index (κ3) is 3.52. The highest BCUT2D eigenvalue weighted by Gasteiger charge is 2.64. The molecule has 4 heterocycles. The average Bonchev–Trinajstić information content (AvgIpc) is 3.44. The summed E-state index contributed by atoms with van der Waals surface area (Å²) < 4.78 is 17.3. The number of para-hydroxylation sites is 1. The quantitative estimate of drug-likeness (QED) is 0.328. The average molecular weight is 587 g/mol. The Balaban J connectivity index is 1.34. The van der Waals surface area contributed by atoms with Crippen LogP contribution in [0.25, 0.3) is 6.08 Å². The summed E-state index contributed by atoms with van der Waals surface area (Å²) in [7, 11) is 1.56. The highest BCUT2D eigenvalue weighted by molar-refractivity contribution is 9.10. The second-order valence-corrected chi connectivity index (χ2v) is 10.7. The zero-order valence-electron chi connectivity index (χ0n) is 20.9. The maximum atomic E-state index is 14.2. The molecule has 4 aliphatic heterocycles. The van der Waals surface area contributed by atoms with Crippen molar-refractivity contribution in [2.75, 3.05) is 30.1 Å². The highest BCUT2D eigenvalue weighted by Crippen LogP contribution is 2.50. The van der Waals surface area contributed by atoms with E-state index in [0.717, 1.165) is 11.3 Å². The molecule has 9 heteroatoms. The third-order valence-electron chi connectivity index (χ3n) is 7.90. The lowest BCUT2D eigenvalue weighted by Crippen LogP contribution is -2.48. The Labute approximate surface area is 232 Å². The van der Waals surface area contributed by atoms with Gasteiger partial charge in [-0.1, -0.05) is 30.4 Å². The van der Waals surface area contributed by atoms with Gasteiger partial charge in [-0.2, -0.15) is 0 Å². The lowest BCUT2D eigenvalue weighted by Gasteiger charge is -2.36. The Morgan fingerprint density at radius 3 is 2.51 bits per heavy atom. The number of nitrogens with zero attached hydrogens (tertiary/aromatic N) is 2. The molecule has 0 spiro atoms. The number of anilines is 2. The van der Waals surface area contributed by atoms with Gasteiger partial charge in [0.05, 0.1) is 35.1 Å². The second kappa shape index (κ2) is 8.98. The first-order valence-electron chi connectivity index (χ1n) is 12.7. The maximum Gasteiger partial charge on any atom is 0.240 e.